The molecule has 0 aliphatic rings. The molecule has 86 valence electrons. The van der Waals surface area contributed by atoms with E-state index in [-0.39, 0.29) is 18.0 Å². The van der Waals surface area contributed by atoms with Gasteiger partial charge < -0.3 is 0 Å². The first-order valence-corrected chi connectivity index (χ1v) is 5.35. The van der Waals surface area contributed by atoms with Gasteiger partial charge in [-0.2, -0.15) is 0 Å². The van der Waals surface area contributed by atoms with Gasteiger partial charge in [-0.15, -0.1) is 0 Å². The maximum Gasteiger partial charge on any atom is 0.167 e. The monoisotopic (exact) mass is 229 g/mol. The molecule has 2 aromatic rings. The Kier molecular flexibility index (Phi) is 3.28. The number of hydrogen-bond acceptors (Lipinski definition) is 2. The summed E-state index contributed by atoms with van der Waals surface area (Å²) in [4.78, 5) is 15.9. The quantitative estimate of drug-likeness (QED) is 0.757. The Balaban J connectivity index is 2.17. The number of nitrogens with zero attached hydrogens (tertiary/aromatic N) is 1. The Morgan fingerprint density at radius 2 is 1.94 bits per heavy atom. The number of carbonyl (C=O) groups is 1. The van der Waals surface area contributed by atoms with E-state index in [1.165, 1.54) is 12.1 Å². The molecular weight excluding hydrogens is 217 g/mol. The third kappa shape index (κ3) is 2.75. The highest BCUT2D eigenvalue weighted by molar-refractivity contribution is 5.98. The lowest BCUT2D eigenvalue weighted by molar-refractivity contribution is 0.0992. The van der Waals surface area contributed by atoms with Crippen LogP contribution in [0.2, 0.25) is 0 Å². The van der Waals surface area contributed by atoms with Gasteiger partial charge >= 0.3 is 0 Å². The number of hydrogen-bond donors (Lipinski definition) is 0. The molecule has 0 aliphatic carbocycles. The number of aryl methyl sites for hydroxylation is 1. The summed E-state index contributed by atoms with van der Waals surface area (Å²) in [6.45, 7) is 1.85. The molecule has 2 rings (SSSR count). The first kappa shape index (κ1) is 11.5. The number of ketones is 1. The van der Waals surface area contributed by atoms with Crippen LogP contribution >= 0.6 is 0 Å². The molecule has 0 bridgehead atoms. The van der Waals surface area contributed by atoms with Crippen LogP contribution in [0.5, 0.6) is 0 Å². The second-order valence-electron chi connectivity index (χ2n) is 3.92. The van der Waals surface area contributed by atoms with E-state index in [9.17, 15) is 9.18 Å². The molecule has 0 atom stereocenters. The fraction of sp³-hybridized carbons (Fsp3) is 0.143. The van der Waals surface area contributed by atoms with Crippen LogP contribution in [0.1, 0.15) is 21.5 Å². The maximum atomic E-state index is 12.7. The van der Waals surface area contributed by atoms with Crippen molar-refractivity contribution in [1.82, 2.24) is 4.98 Å². The molecule has 1 heterocycles. The molecule has 0 amide bonds. The molecule has 1 aromatic heterocycles. The number of benzene rings is 1. The summed E-state index contributed by atoms with van der Waals surface area (Å²) in [5, 5.41) is 0. The van der Waals surface area contributed by atoms with Gasteiger partial charge in [-0.05, 0) is 36.2 Å². The van der Waals surface area contributed by atoms with Gasteiger partial charge in [0.1, 0.15) is 5.82 Å². The van der Waals surface area contributed by atoms with Crippen molar-refractivity contribution in [2.45, 2.75) is 13.3 Å². The normalized spacial score (nSPS) is 10.2. The predicted octanol–water partition coefficient (Wildman–Crippen LogP) is 2.95. The average molecular weight is 229 g/mol. The molecule has 0 fully saturated rings. The second kappa shape index (κ2) is 4.87. The van der Waals surface area contributed by atoms with Crippen LogP contribution in [0.3, 0.4) is 0 Å². The number of rotatable bonds is 3. The number of pyridine rings is 1. The molecule has 3 heteroatoms. The van der Waals surface area contributed by atoms with E-state index in [4.69, 9.17) is 0 Å². The fourth-order valence-electron chi connectivity index (χ4n) is 1.67. The summed E-state index contributed by atoms with van der Waals surface area (Å²) >= 11 is 0. The van der Waals surface area contributed by atoms with E-state index in [0.717, 1.165) is 11.1 Å². The highest BCUT2D eigenvalue weighted by Crippen LogP contribution is 2.11. The molecule has 0 saturated heterocycles. The van der Waals surface area contributed by atoms with Crippen molar-refractivity contribution < 1.29 is 9.18 Å². The first-order valence-electron chi connectivity index (χ1n) is 5.35. The minimum absolute atomic E-state index is 0.0245. The highest BCUT2D eigenvalue weighted by Gasteiger charge is 2.09. The van der Waals surface area contributed by atoms with Gasteiger partial charge in [-0.3, -0.25) is 9.78 Å². The van der Waals surface area contributed by atoms with E-state index >= 15 is 0 Å². The lowest BCUT2D eigenvalue weighted by Gasteiger charge is -2.04. The lowest BCUT2D eigenvalue weighted by Crippen LogP contribution is -2.05. The van der Waals surface area contributed by atoms with Crippen LogP contribution in [0, 0.1) is 12.7 Å². The SMILES string of the molecule is Cc1cnccc1C(=O)Cc1ccc(F)cc1. The third-order valence-corrected chi connectivity index (χ3v) is 2.60. The highest BCUT2D eigenvalue weighted by atomic mass is 19.1. The molecule has 1 aromatic carbocycles. The summed E-state index contributed by atoms with van der Waals surface area (Å²) < 4.78 is 12.7. The summed E-state index contributed by atoms with van der Waals surface area (Å²) in [6.07, 6.45) is 3.55. The third-order valence-electron chi connectivity index (χ3n) is 2.60. The Morgan fingerprint density at radius 1 is 1.24 bits per heavy atom. The van der Waals surface area contributed by atoms with Gasteiger partial charge in [0.2, 0.25) is 0 Å². The number of aromatic nitrogens is 1. The van der Waals surface area contributed by atoms with Crippen molar-refractivity contribution >= 4 is 5.78 Å². The molecule has 2 nitrogen and oxygen atoms in total. The van der Waals surface area contributed by atoms with E-state index in [2.05, 4.69) is 4.98 Å². The van der Waals surface area contributed by atoms with Gasteiger partial charge in [0.25, 0.3) is 0 Å². The van der Waals surface area contributed by atoms with Gasteiger partial charge in [-0.1, -0.05) is 12.1 Å². The zero-order valence-electron chi connectivity index (χ0n) is 9.48. The zero-order chi connectivity index (χ0) is 12.3. The van der Waals surface area contributed by atoms with Crippen molar-refractivity contribution in [3.63, 3.8) is 0 Å². The smallest absolute Gasteiger partial charge is 0.167 e. The molecule has 17 heavy (non-hydrogen) atoms. The molecule has 0 unspecified atom stereocenters. The van der Waals surface area contributed by atoms with Crippen molar-refractivity contribution in [2.75, 3.05) is 0 Å². The summed E-state index contributed by atoms with van der Waals surface area (Å²) in [5.41, 5.74) is 2.34. The standard InChI is InChI=1S/C14H12FNO/c1-10-9-16-7-6-13(10)14(17)8-11-2-4-12(15)5-3-11/h2-7,9H,8H2,1H3. The zero-order valence-corrected chi connectivity index (χ0v) is 9.48. The minimum atomic E-state index is -0.290. The van der Waals surface area contributed by atoms with Gasteiger partial charge in [-0.25, -0.2) is 4.39 Å². The summed E-state index contributed by atoms with van der Waals surface area (Å²) in [5.74, 6) is -0.266. The first-order chi connectivity index (χ1) is 8.16. The number of Topliss-reactive ketones (excluding diaryl/α,β-unsaturated/α-hetero) is 1. The van der Waals surface area contributed by atoms with Crippen molar-refractivity contribution in [3.8, 4) is 0 Å². The molecular formula is C14H12FNO. The Morgan fingerprint density at radius 3 is 2.59 bits per heavy atom. The van der Waals surface area contributed by atoms with Gasteiger partial charge in [0, 0.05) is 24.4 Å². The largest absolute Gasteiger partial charge is 0.294 e. The summed E-state index contributed by atoms with van der Waals surface area (Å²) in [6, 6.07) is 7.69. The van der Waals surface area contributed by atoms with E-state index < -0.39 is 0 Å². The van der Waals surface area contributed by atoms with Crippen molar-refractivity contribution in [1.29, 1.82) is 0 Å². The lowest BCUT2D eigenvalue weighted by atomic mass is 10.0. The Labute approximate surface area is 99.1 Å². The van der Waals surface area contributed by atoms with Crippen LogP contribution in [-0.4, -0.2) is 10.8 Å². The van der Waals surface area contributed by atoms with Crippen molar-refractivity contribution in [2.24, 2.45) is 0 Å². The molecule has 0 spiro atoms. The van der Waals surface area contributed by atoms with Crippen LogP contribution < -0.4 is 0 Å². The van der Waals surface area contributed by atoms with Crippen LogP contribution in [0.4, 0.5) is 4.39 Å². The summed E-state index contributed by atoms with van der Waals surface area (Å²) in [7, 11) is 0. The van der Waals surface area contributed by atoms with Gasteiger partial charge in [0.05, 0.1) is 0 Å². The van der Waals surface area contributed by atoms with Gasteiger partial charge in [0.15, 0.2) is 5.78 Å². The maximum absolute atomic E-state index is 12.7. The molecule has 0 aliphatic heterocycles. The van der Waals surface area contributed by atoms with E-state index in [1.54, 1.807) is 30.6 Å². The molecule has 0 N–H and O–H groups in total. The topological polar surface area (TPSA) is 30.0 Å². The molecule has 0 radical (unpaired) electrons. The van der Waals surface area contributed by atoms with Crippen LogP contribution in [-0.2, 0) is 6.42 Å². The average Bonchev–Trinajstić information content (AvgIpc) is 2.32. The van der Waals surface area contributed by atoms with E-state index in [1.807, 2.05) is 6.92 Å². The Bertz CT molecular complexity index is 534. The van der Waals surface area contributed by atoms with Crippen molar-refractivity contribution in [3.05, 3.63) is 65.2 Å². The predicted molar refractivity (Wildman–Crippen MR) is 63.4 cm³/mol. The second-order valence-corrected chi connectivity index (χ2v) is 3.92. The number of carbonyl (C=O) groups excluding carboxylic acids is 1. The Hall–Kier alpha value is -2.03. The molecule has 0 saturated carbocycles. The van der Waals surface area contributed by atoms with E-state index in [0.29, 0.717) is 5.56 Å². The fourth-order valence-corrected chi connectivity index (χ4v) is 1.67. The minimum Gasteiger partial charge on any atom is -0.294 e. The number of halogens is 1. The van der Waals surface area contributed by atoms with Crippen LogP contribution in [0.25, 0.3) is 0 Å². The van der Waals surface area contributed by atoms with Crippen LogP contribution in [0.15, 0.2) is 42.7 Å².